The van der Waals surface area contributed by atoms with Crippen LogP contribution in [-0.2, 0) is 32.5 Å². The molecule has 2 aromatic carbocycles. The van der Waals surface area contributed by atoms with E-state index in [4.69, 9.17) is 0 Å². The molecule has 8 heteroatoms. The Morgan fingerprint density at radius 2 is 1.86 bits per heavy atom. The fourth-order valence-electron chi connectivity index (χ4n) is 3.38. The predicted molar refractivity (Wildman–Crippen MR) is 108 cm³/mol. The lowest BCUT2D eigenvalue weighted by molar-refractivity contribution is -0.133. The van der Waals surface area contributed by atoms with Crippen molar-refractivity contribution in [3.05, 3.63) is 65.2 Å². The zero-order valence-corrected chi connectivity index (χ0v) is 17.2. The van der Waals surface area contributed by atoms with Crippen LogP contribution in [0.2, 0.25) is 0 Å². The smallest absolute Gasteiger partial charge is 0.421 e. The molecule has 0 bridgehead atoms. The molecule has 1 heterocycles. The summed E-state index contributed by atoms with van der Waals surface area (Å²) in [5.41, 5.74) is 2.70. The third kappa shape index (κ3) is 4.76. The van der Waals surface area contributed by atoms with Crippen molar-refractivity contribution in [1.29, 1.82) is 0 Å². The van der Waals surface area contributed by atoms with E-state index in [0.717, 1.165) is 16.7 Å². The standard InChI is InChI=1S/C21H24N2O5S/c1-3-28-21(25)22-29(26,27)19-10-9-17-11-12-23(14-18(17)13-19)20(24)15(2)16-7-5-4-6-8-16/h4-10,13,15H,3,11-12,14H2,1-2H3,(H,22,25). The molecule has 0 saturated carbocycles. The number of hydrogen-bond donors (Lipinski definition) is 1. The SMILES string of the molecule is CCOC(=O)NS(=O)(=O)c1ccc2c(c1)CN(C(=O)C(C)c1ccccc1)CC2. The summed E-state index contributed by atoms with van der Waals surface area (Å²) in [6.45, 7) is 4.44. The predicted octanol–water partition coefficient (Wildman–Crippen LogP) is 2.81. The lowest BCUT2D eigenvalue weighted by Gasteiger charge is -2.31. The molecule has 1 atom stereocenters. The first-order valence-electron chi connectivity index (χ1n) is 9.47. The first kappa shape index (κ1) is 20.9. The molecule has 0 saturated heterocycles. The van der Waals surface area contributed by atoms with Crippen LogP contribution in [0, 0.1) is 0 Å². The van der Waals surface area contributed by atoms with Crippen LogP contribution < -0.4 is 4.72 Å². The van der Waals surface area contributed by atoms with Gasteiger partial charge in [0.15, 0.2) is 0 Å². The van der Waals surface area contributed by atoms with Crippen molar-refractivity contribution < 1.29 is 22.7 Å². The Kier molecular flexibility index (Phi) is 6.22. The normalized spacial score (nSPS) is 14.6. The maximum absolute atomic E-state index is 12.9. The molecule has 29 heavy (non-hydrogen) atoms. The van der Waals surface area contributed by atoms with E-state index in [1.165, 1.54) is 12.1 Å². The summed E-state index contributed by atoms with van der Waals surface area (Å²) in [4.78, 5) is 26.2. The van der Waals surface area contributed by atoms with Crippen LogP contribution in [0.25, 0.3) is 0 Å². The summed E-state index contributed by atoms with van der Waals surface area (Å²) in [6, 6.07) is 14.3. The van der Waals surface area contributed by atoms with Crippen LogP contribution in [0.3, 0.4) is 0 Å². The molecule has 2 aromatic rings. The Balaban J connectivity index is 1.78. The molecule has 1 aliphatic heterocycles. The number of sulfonamides is 1. The Labute approximate surface area is 170 Å². The van der Waals surface area contributed by atoms with Crippen LogP contribution in [-0.4, -0.2) is 38.5 Å². The number of carbonyl (C=O) groups is 2. The number of carbonyl (C=O) groups excluding carboxylic acids is 2. The molecule has 0 spiro atoms. The van der Waals surface area contributed by atoms with Crippen molar-refractivity contribution in [1.82, 2.24) is 9.62 Å². The number of ether oxygens (including phenoxy) is 1. The number of fused-ring (bicyclic) bond motifs is 1. The lowest BCUT2D eigenvalue weighted by atomic mass is 9.96. The highest BCUT2D eigenvalue weighted by molar-refractivity contribution is 7.90. The first-order valence-corrected chi connectivity index (χ1v) is 10.9. The van der Waals surface area contributed by atoms with Crippen LogP contribution in [0.5, 0.6) is 0 Å². The van der Waals surface area contributed by atoms with Gasteiger partial charge in [-0.1, -0.05) is 36.4 Å². The highest BCUT2D eigenvalue weighted by Gasteiger charge is 2.27. The third-order valence-corrected chi connectivity index (χ3v) is 6.29. The zero-order chi connectivity index (χ0) is 21.0. The van der Waals surface area contributed by atoms with Gasteiger partial charge < -0.3 is 9.64 Å². The first-order chi connectivity index (χ1) is 13.8. The molecule has 0 aromatic heterocycles. The van der Waals surface area contributed by atoms with Gasteiger partial charge in [-0.25, -0.2) is 17.9 Å². The van der Waals surface area contributed by atoms with E-state index >= 15 is 0 Å². The van der Waals surface area contributed by atoms with Crippen molar-refractivity contribution in [2.24, 2.45) is 0 Å². The van der Waals surface area contributed by atoms with Crippen LogP contribution in [0.4, 0.5) is 4.79 Å². The van der Waals surface area contributed by atoms with Gasteiger partial charge in [0.05, 0.1) is 17.4 Å². The molecule has 0 fully saturated rings. The van der Waals surface area contributed by atoms with E-state index in [-0.39, 0.29) is 23.3 Å². The minimum atomic E-state index is -4.04. The van der Waals surface area contributed by atoms with Gasteiger partial charge in [-0.05, 0) is 49.1 Å². The van der Waals surface area contributed by atoms with Crippen molar-refractivity contribution in [3.8, 4) is 0 Å². The number of nitrogens with zero attached hydrogens (tertiary/aromatic N) is 1. The third-order valence-electron chi connectivity index (χ3n) is 4.98. The maximum Gasteiger partial charge on any atom is 0.421 e. The van der Waals surface area contributed by atoms with Gasteiger partial charge >= 0.3 is 6.09 Å². The minimum Gasteiger partial charge on any atom is -0.449 e. The molecular formula is C21H24N2O5S. The quantitative estimate of drug-likeness (QED) is 0.809. The number of nitrogens with one attached hydrogen (secondary N) is 1. The molecule has 2 amide bonds. The number of hydrogen-bond acceptors (Lipinski definition) is 5. The molecular weight excluding hydrogens is 392 g/mol. The second kappa shape index (κ2) is 8.65. The Bertz CT molecular complexity index is 1000. The van der Waals surface area contributed by atoms with Gasteiger partial charge in [0.1, 0.15) is 0 Å². The van der Waals surface area contributed by atoms with E-state index in [1.54, 1.807) is 17.9 Å². The van der Waals surface area contributed by atoms with Gasteiger partial charge in [0.2, 0.25) is 5.91 Å². The zero-order valence-electron chi connectivity index (χ0n) is 16.4. The Morgan fingerprint density at radius 3 is 2.55 bits per heavy atom. The summed E-state index contributed by atoms with van der Waals surface area (Å²) in [7, 11) is -4.04. The molecule has 1 unspecified atom stereocenters. The van der Waals surface area contributed by atoms with Crippen molar-refractivity contribution >= 4 is 22.0 Å². The lowest BCUT2D eigenvalue weighted by Crippen LogP contribution is -2.38. The van der Waals surface area contributed by atoms with Crippen LogP contribution in [0.1, 0.15) is 36.5 Å². The van der Waals surface area contributed by atoms with Gasteiger partial charge in [0, 0.05) is 13.1 Å². The van der Waals surface area contributed by atoms with E-state index in [1.807, 2.05) is 42.0 Å². The Hall–Kier alpha value is -2.87. The van der Waals surface area contributed by atoms with E-state index in [2.05, 4.69) is 4.74 Å². The average molecular weight is 416 g/mol. The number of benzene rings is 2. The molecule has 3 rings (SSSR count). The van der Waals surface area contributed by atoms with Crippen molar-refractivity contribution in [3.63, 3.8) is 0 Å². The largest absolute Gasteiger partial charge is 0.449 e. The van der Waals surface area contributed by atoms with Gasteiger partial charge in [-0.2, -0.15) is 0 Å². The van der Waals surface area contributed by atoms with E-state index < -0.39 is 16.1 Å². The maximum atomic E-state index is 12.9. The van der Waals surface area contributed by atoms with E-state index in [9.17, 15) is 18.0 Å². The second-order valence-corrected chi connectivity index (χ2v) is 8.58. The monoisotopic (exact) mass is 416 g/mol. The van der Waals surface area contributed by atoms with Crippen molar-refractivity contribution in [2.45, 2.75) is 37.6 Å². The van der Waals surface area contributed by atoms with Gasteiger partial charge in [0.25, 0.3) is 10.0 Å². The molecule has 0 radical (unpaired) electrons. The summed E-state index contributed by atoms with van der Waals surface area (Å²) in [5, 5.41) is 0. The number of amides is 2. The van der Waals surface area contributed by atoms with Crippen LogP contribution in [0.15, 0.2) is 53.4 Å². The highest BCUT2D eigenvalue weighted by atomic mass is 32.2. The summed E-state index contributed by atoms with van der Waals surface area (Å²) in [6.07, 6.45) is -0.368. The minimum absolute atomic E-state index is 0.000223. The van der Waals surface area contributed by atoms with Crippen molar-refractivity contribution in [2.75, 3.05) is 13.2 Å². The topological polar surface area (TPSA) is 92.8 Å². The van der Waals surface area contributed by atoms with Crippen LogP contribution >= 0.6 is 0 Å². The Morgan fingerprint density at radius 1 is 1.14 bits per heavy atom. The summed E-state index contributed by atoms with van der Waals surface area (Å²) < 4.78 is 31.4. The average Bonchev–Trinajstić information content (AvgIpc) is 2.72. The fraction of sp³-hybridized carbons (Fsp3) is 0.333. The molecule has 1 N–H and O–H groups in total. The molecule has 0 aliphatic carbocycles. The summed E-state index contributed by atoms with van der Waals surface area (Å²) in [5.74, 6) is -0.282. The highest BCUT2D eigenvalue weighted by Crippen LogP contribution is 2.26. The van der Waals surface area contributed by atoms with Gasteiger partial charge in [-0.15, -0.1) is 0 Å². The number of rotatable bonds is 5. The summed E-state index contributed by atoms with van der Waals surface area (Å²) >= 11 is 0. The molecule has 1 aliphatic rings. The van der Waals surface area contributed by atoms with Gasteiger partial charge in [-0.3, -0.25) is 4.79 Å². The fourth-order valence-corrected chi connectivity index (χ4v) is 4.32. The molecule has 154 valence electrons. The van der Waals surface area contributed by atoms with E-state index in [0.29, 0.717) is 19.5 Å². The second-order valence-electron chi connectivity index (χ2n) is 6.90. The molecule has 7 nitrogen and oxygen atoms in total.